The lowest BCUT2D eigenvalue weighted by molar-refractivity contribution is 0.0454. The van der Waals surface area contributed by atoms with Crippen molar-refractivity contribution in [1.82, 2.24) is 9.97 Å². The van der Waals surface area contributed by atoms with Crippen molar-refractivity contribution in [3.63, 3.8) is 0 Å². The lowest BCUT2D eigenvalue weighted by atomic mass is 10.4. The Balaban J connectivity index is 2.17. The summed E-state index contributed by atoms with van der Waals surface area (Å²) in [5.41, 5.74) is 0. The molecule has 2 rings (SSSR count). The third-order valence-electron chi connectivity index (χ3n) is 1.82. The van der Waals surface area contributed by atoms with Crippen LogP contribution in [0.15, 0.2) is 11.4 Å². The number of methoxy groups -OCH3 is 1. The Kier molecular flexibility index (Phi) is 3.10. The fourth-order valence-corrected chi connectivity index (χ4v) is 2.34. The van der Waals surface area contributed by atoms with Crippen LogP contribution in [0.25, 0.3) is 0 Å². The molecule has 6 heteroatoms. The lowest BCUT2D eigenvalue weighted by Gasteiger charge is -2.25. The van der Waals surface area contributed by atoms with E-state index >= 15 is 0 Å². The van der Waals surface area contributed by atoms with Crippen LogP contribution in [0, 0.1) is 0 Å². The summed E-state index contributed by atoms with van der Waals surface area (Å²) in [6, 6.07) is 0. The summed E-state index contributed by atoms with van der Waals surface area (Å²) in [4.78, 5) is 7.97. The smallest absolute Gasteiger partial charge is 0.188 e. The van der Waals surface area contributed by atoms with Crippen LogP contribution < -0.4 is 4.74 Å². The second-order valence-electron chi connectivity index (χ2n) is 2.78. The molecule has 0 aromatic carbocycles. The van der Waals surface area contributed by atoms with Crippen LogP contribution >= 0.6 is 23.4 Å². The fraction of sp³-hybridized carbons (Fsp3) is 0.500. The van der Waals surface area contributed by atoms with Gasteiger partial charge < -0.3 is 9.47 Å². The van der Waals surface area contributed by atoms with E-state index in [9.17, 15) is 0 Å². The lowest BCUT2D eigenvalue weighted by Crippen LogP contribution is -2.30. The van der Waals surface area contributed by atoms with E-state index in [2.05, 4.69) is 9.97 Å². The van der Waals surface area contributed by atoms with Crippen LogP contribution in [0.5, 0.6) is 5.75 Å². The first-order chi connectivity index (χ1) is 6.81. The second-order valence-corrected chi connectivity index (χ2v) is 4.43. The van der Waals surface area contributed by atoms with E-state index in [-0.39, 0.29) is 0 Å². The molecule has 0 atom stereocenters. The fourth-order valence-electron chi connectivity index (χ4n) is 1.03. The Morgan fingerprint density at radius 3 is 2.93 bits per heavy atom. The predicted octanol–water partition coefficient (Wildman–Crippen LogP) is 1.63. The highest BCUT2D eigenvalue weighted by molar-refractivity contribution is 8.00. The van der Waals surface area contributed by atoms with E-state index in [1.165, 1.54) is 6.33 Å². The maximum atomic E-state index is 5.85. The molecule has 0 N–H and O–H groups in total. The molecule has 0 amide bonds. The predicted molar refractivity (Wildman–Crippen MR) is 54.1 cm³/mol. The van der Waals surface area contributed by atoms with Crippen molar-refractivity contribution in [3.8, 4) is 5.75 Å². The molecule has 1 aromatic heterocycles. The van der Waals surface area contributed by atoms with E-state index in [4.69, 9.17) is 21.1 Å². The summed E-state index contributed by atoms with van der Waals surface area (Å²) < 4.78 is 10.2. The molecule has 2 heterocycles. The number of rotatable bonds is 3. The average Bonchev–Trinajstić information content (AvgIpc) is 2.11. The number of hydrogen-bond donors (Lipinski definition) is 0. The molecule has 0 saturated carbocycles. The van der Waals surface area contributed by atoms with Crippen LogP contribution in [0.2, 0.25) is 5.15 Å². The molecule has 0 unspecified atom stereocenters. The van der Waals surface area contributed by atoms with Crippen molar-refractivity contribution in [1.29, 1.82) is 0 Å². The Morgan fingerprint density at radius 2 is 2.36 bits per heavy atom. The van der Waals surface area contributed by atoms with Crippen LogP contribution in [0.1, 0.15) is 0 Å². The van der Waals surface area contributed by atoms with Crippen molar-refractivity contribution in [2.75, 3.05) is 20.3 Å². The molecular weight excluding hydrogens is 224 g/mol. The Labute approximate surface area is 91.0 Å². The standard InChI is InChI=1S/C8H9ClN2O2S/c1-12-6-7(9)10-4-11-8(6)14-5-2-13-3-5/h4-5H,2-3H2,1H3. The molecular formula is C8H9ClN2O2S. The van der Waals surface area contributed by atoms with Crippen LogP contribution in [0.3, 0.4) is 0 Å². The third-order valence-corrected chi connectivity index (χ3v) is 3.21. The van der Waals surface area contributed by atoms with E-state index in [1.807, 2.05) is 0 Å². The first kappa shape index (κ1) is 10.0. The number of ether oxygens (including phenoxy) is 2. The van der Waals surface area contributed by atoms with Gasteiger partial charge in [-0.3, -0.25) is 0 Å². The van der Waals surface area contributed by atoms with E-state index < -0.39 is 0 Å². The molecule has 1 aliphatic heterocycles. The maximum Gasteiger partial charge on any atom is 0.188 e. The van der Waals surface area contributed by atoms with Gasteiger partial charge in [-0.2, -0.15) is 0 Å². The zero-order valence-electron chi connectivity index (χ0n) is 7.57. The molecule has 1 saturated heterocycles. The van der Waals surface area contributed by atoms with Gasteiger partial charge in [0.05, 0.1) is 25.6 Å². The largest absolute Gasteiger partial charge is 0.491 e. The minimum absolute atomic E-state index is 0.352. The van der Waals surface area contributed by atoms with Gasteiger partial charge in [0.15, 0.2) is 10.9 Å². The van der Waals surface area contributed by atoms with Crippen molar-refractivity contribution >= 4 is 23.4 Å². The van der Waals surface area contributed by atoms with Gasteiger partial charge in [-0.1, -0.05) is 23.4 Å². The molecule has 0 aliphatic carbocycles. The SMILES string of the molecule is COc1c(Cl)ncnc1SC1COC1. The number of halogens is 1. The summed E-state index contributed by atoms with van der Waals surface area (Å²) in [7, 11) is 1.56. The van der Waals surface area contributed by atoms with Gasteiger partial charge >= 0.3 is 0 Å². The van der Waals surface area contributed by atoms with Gasteiger partial charge in [0, 0.05) is 0 Å². The number of hydrogen-bond acceptors (Lipinski definition) is 5. The van der Waals surface area contributed by atoms with Gasteiger partial charge in [0.25, 0.3) is 0 Å². The number of aromatic nitrogens is 2. The van der Waals surface area contributed by atoms with Crippen LogP contribution in [-0.4, -0.2) is 35.5 Å². The number of thioether (sulfide) groups is 1. The monoisotopic (exact) mass is 232 g/mol. The van der Waals surface area contributed by atoms with Crippen LogP contribution in [0.4, 0.5) is 0 Å². The zero-order chi connectivity index (χ0) is 9.97. The third kappa shape index (κ3) is 1.94. The second kappa shape index (κ2) is 4.33. The molecule has 76 valence electrons. The zero-order valence-corrected chi connectivity index (χ0v) is 9.14. The minimum atomic E-state index is 0.352. The first-order valence-electron chi connectivity index (χ1n) is 4.10. The van der Waals surface area contributed by atoms with Gasteiger partial charge in [0.1, 0.15) is 11.4 Å². The molecule has 14 heavy (non-hydrogen) atoms. The normalized spacial score (nSPS) is 16.4. The van der Waals surface area contributed by atoms with Gasteiger partial charge in [-0.15, -0.1) is 0 Å². The van der Waals surface area contributed by atoms with E-state index in [0.29, 0.717) is 16.2 Å². The van der Waals surface area contributed by atoms with Crippen molar-refractivity contribution in [2.45, 2.75) is 10.3 Å². The highest BCUT2D eigenvalue weighted by Gasteiger charge is 2.23. The summed E-state index contributed by atoms with van der Waals surface area (Å²) in [6.07, 6.45) is 1.44. The van der Waals surface area contributed by atoms with Gasteiger partial charge in [-0.25, -0.2) is 9.97 Å². The summed E-state index contributed by atoms with van der Waals surface area (Å²) in [5, 5.41) is 1.58. The summed E-state index contributed by atoms with van der Waals surface area (Å²) in [5.74, 6) is 0.547. The molecule has 4 nitrogen and oxygen atoms in total. The summed E-state index contributed by atoms with van der Waals surface area (Å²) in [6.45, 7) is 1.52. The molecule has 1 aromatic rings. The van der Waals surface area contributed by atoms with Crippen molar-refractivity contribution < 1.29 is 9.47 Å². The molecule has 1 aliphatic rings. The molecule has 1 fully saturated rings. The average molecular weight is 233 g/mol. The topological polar surface area (TPSA) is 44.2 Å². The van der Waals surface area contributed by atoms with Crippen molar-refractivity contribution in [2.24, 2.45) is 0 Å². The highest BCUT2D eigenvalue weighted by Crippen LogP contribution is 2.35. The molecule has 0 spiro atoms. The Hall–Kier alpha value is -0.520. The minimum Gasteiger partial charge on any atom is -0.491 e. The van der Waals surface area contributed by atoms with Crippen LogP contribution in [-0.2, 0) is 4.74 Å². The van der Waals surface area contributed by atoms with Gasteiger partial charge in [0.2, 0.25) is 0 Å². The maximum absolute atomic E-state index is 5.85. The highest BCUT2D eigenvalue weighted by atomic mass is 35.5. The number of nitrogens with zero attached hydrogens (tertiary/aromatic N) is 2. The van der Waals surface area contributed by atoms with E-state index in [0.717, 1.165) is 18.2 Å². The van der Waals surface area contributed by atoms with Gasteiger partial charge in [-0.05, 0) is 0 Å². The summed E-state index contributed by atoms with van der Waals surface area (Å²) >= 11 is 7.46. The molecule has 0 bridgehead atoms. The first-order valence-corrected chi connectivity index (χ1v) is 5.36. The van der Waals surface area contributed by atoms with Crippen molar-refractivity contribution in [3.05, 3.63) is 11.5 Å². The quantitative estimate of drug-likeness (QED) is 0.742. The Bertz CT molecular complexity index is 333. The Morgan fingerprint density at radius 1 is 1.57 bits per heavy atom. The van der Waals surface area contributed by atoms with E-state index in [1.54, 1.807) is 18.9 Å². The molecule has 0 radical (unpaired) electrons.